The van der Waals surface area contributed by atoms with Crippen LogP contribution >= 0.6 is 15.9 Å². The van der Waals surface area contributed by atoms with Crippen molar-refractivity contribution in [1.29, 1.82) is 0 Å². The monoisotopic (exact) mass is 301 g/mol. The number of methoxy groups -OCH3 is 1. The van der Waals surface area contributed by atoms with Crippen LogP contribution in [-0.4, -0.2) is 19.3 Å². The van der Waals surface area contributed by atoms with E-state index in [9.17, 15) is 0 Å². The van der Waals surface area contributed by atoms with E-state index in [1.165, 1.54) is 0 Å². The Kier molecular flexibility index (Phi) is 5.43. The first kappa shape index (κ1) is 14.5. The third-order valence-electron chi connectivity index (χ3n) is 2.76. The average molecular weight is 302 g/mol. The molecule has 4 heteroatoms. The lowest BCUT2D eigenvalue weighted by atomic mass is 10.1. The van der Waals surface area contributed by atoms with Crippen molar-refractivity contribution in [2.24, 2.45) is 5.73 Å². The number of hydrogen-bond acceptors (Lipinski definition) is 3. The fraction of sp³-hybridized carbons (Fsp3) is 0.538. The molecule has 0 saturated heterocycles. The quantitative estimate of drug-likeness (QED) is 0.878. The van der Waals surface area contributed by atoms with E-state index in [4.69, 9.17) is 15.2 Å². The molecule has 0 spiro atoms. The van der Waals surface area contributed by atoms with Gasteiger partial charge in [-0.25, -0.2) is 0 Å². The smallest absolute Gasteiger partial charge is 0.123 e. The zero-order valence-electron chi connectivity index (χ0n) is 10.6. The van der Waals surface area contributed by atoms with Crippen LogP contribution < -0.4 is 10.5 Å². The van der Waals surface area contributed by atoms with Crippen LogP contribution in [0.2, 0.25) is 0 Å². The number of hydrogen-bond donors (Lipinski definition) is 1. The summed E-state index contributed by atoms with van der Waals surface area (Å²) >= 11 is 3.42. The maximum absolute atomic E-state index is 5.74. The minimum atomic E-state index is -0.155. The van der Waals surface area contributed by atoms with E-state index in [1.54, 1.807) is 7.11 Å². The van der Waals surface area contributed by atoms with Gasteiger partial charge in [-0.1, -0.05) is 15.9 Å². The van der Waals surface area contributed by atoms with Crippen molar-refractivity contribution in [2.45, 2.75) is 32.4 Å². The van der Waals surface area contributed by atoms with E-state index in [1.807, 2.05) is 32.0 Å². The molecule has 0 atom stereocenters. The summed E-state index contributed by atoms with van der Waals surface area (Å²) in [6.07, 6.45) is 0.837. The first-order valence-corrected chi connectivity index (χ1v) is 6.44. The third kappa shape index (κ3) is 4.66. The largest absolute Gasteiger partial charge is 0.493 e. The number of nitrogens with two attached hydrogens (primary N) is 1. The summed E-state index contributed by atoms with van der Waals surface area (Å²) in [5, 5.41) is 0. The van der Waals surface area contributed by atoms with Crippen molar-refractivity contribution >= 4 is 15.9 Å². The maximum atomic E-state index is 5.74. The van der Waals surface area contributed by atoms with E-state index in [0.717, 1.165) is 22.2 Å². The Morgan fingerprint density at radius 3 is 2.65 bits per heavy atom. The summed E-state index contributed by atoms with van der Waals surface area (Å²) in [6.45, 7) is 5.18. The predicted octanol–water partition coefficient (Wildman–Crippen LogP) is 3.10. The molecule has 0 aromatic heterocycles. The summed E-state index contributed by atoms with van der Waals surface area (Å²) in [6, 6.07) is 5.87. The lowest BCUT2D eigenvalue weighted by Crippen LogP contribution is -2.25. The van der Waals surface area contributed by atoms with Crippen LogP contribution in [0.5, 0.6) is 5.75 Å². The highest BCUT2D eigenvalue weighted by Gasteiger charge is 2.16. The van der Waals surface area contributed by atoms with Crippen LogP contribution in [-0.2, 0) is 11.3 Å². The fourth-order valence-corrected chi connectivity index (χ4v) is 1.77. The Hall–Kier alpha value is -0.580. The molecule has 0 amide bonds. The Morgan fingerprint density at radius 2 is 2.06 bits per heavy atom. The van der Waals surface area contributed by atoms with Gasteiger partial charge in [-0.15, -0.1) is 0 Å². The van der Waals surface area contributed by atoms with Gasteiger partial charge in [0.1, 0.15) is 5.75 Å². The van der Waals surface area contributed by atoms with E-state index < -0.39 is 0 Å². The maximum Gasteiger partial charge on any atom is 0.123 e. The predicted molar refractivity (Wildman–Crippen MR) is 73.2 cm³/mol. The van der Waals surface area contributed by atoms with Crippen LogP contribution in [0.4, 0.5) is 0 Å². The molecule has 2 N–H and O–H groups in total. The lowest BCUT2D eigenvalue weighted by Gasteiger charge is -2.23. The molecule has 0 aliphatic heterocycles. The lowest BCUT2D eigenvalue weighted by molar-refractivity contribution is 0.00538. The van der Waals surface area contributed by atoms with Gasteiger partial charge in [0.2, 0.25) is 0 Å². The van der Waals surface area contributed by atoms with Gasteiger partial charge in [0.05, 0.1) is 12.2 Å². The van der Waals surface area contributed by atoms with Crippen molar-refractivity contribution in [3.8, 4) is 5.75 Å². The fourth-order valence-electron chi connectivity index (χ4n) is 1.36. The molecule has 1 aromatic carbocycles. The van der Waals surface area contributed by atoms with E-state index >= 15 is 0 Å². The van der Waals surface area contributed by atoms with Gasteiger partial charge in [-0.3, -0.25) is 0 Å². The van der Waals surface area contributed by atoms with E-state index in [0.29, 0.717) is 13.2 Å². The molecule has 0 fully saturated rings. The van der Waals surface area contributed by atoms with E-state index in [2.05, 4.69) is 15.9 Å². The molecule has 1 rings (SSSR count). The molecule has 3 nitrogen and oxygen atoms in total. The van der Waals surface area contributed by atoms with Crippen LogP contribution in [0.3, 0.4) is 0 Å². The summed E-state index contributed by atoms with van der Waals surface area (Å²) in [5.41, 5.74) is 6.53. The van der Waals surface area contributed by atoms with Crippen molar-refractivity contribution in [2.75, 3.05) is 13.7 Å². The number of benzene rings is 1. The van der Waals surface area contributed by atoms with Crippen LogP contribution in [0.25, 0.3) is 0 Å². The molecule has 0 aliphatic rings. The van der Waals surface area contributed by atoms with Gasteiger partial charge in [0, 0.05) is 30.1 Å². The van der Waals surface area contributed by atoms with Gasteiger partial charge < -0.3 is 15.2 Å². The number of halogens is 1. The summed E-state index contributed by atoms with van der Waals surface area (Å²) in [5.74, 6) is 0.850. The van der Waals surface area contributed by atoms with Crippen molar-refractivity contribution in [1.82, 2.24) is 0 Å². The Bertz CT molecular complexity index is 366. The summed E-state index contributed by atoms with van der Waals surface area (Å²) < 4.78 is 12.1. The van der Waals surface area contributed by atoms with Crippen molar-refractivity contribution in [3.05, 3.63) is 28.2 Å². The molecule has 1 aromatic rings. The molecular formula is C13H20BrNO2. The summed E-state index contributed by atoms with van der Waals surface area (Å²) in [4.78, 5) is 0. The number of rotatable bonds is 6. The summed E-state index contributed by atoms with van der Waals surface area (Å²) in [7, 11) is 1.71. The first-order chi connectivity index (χ1) is 7.98. The first-order valence-electron chi connectivity index (χ1n) is 5.65. The standard InChI is InChI=1S/C13H20BrNO2/c1-13(2,16-3)6-7-17-12-5-4-11(14)8-10(12)9-15/h4-5,8H,6-7,9,15H2,1-3H3. The van der Waals surface area contributed by atoms with Crippen LogP contribution in [0.1, 0.15) is 25.8 Å². The van der Waals surface area contributed by atoms with Crippen LogP contribution in [0.15, 0.2) is 22.7 Å². The third-order valence-corrected chi connectivity index (χ3v) is 3.25. The van der Waals surface area contributed by atoms with Gasteiger partial charge >= 0.3 is 0 Å². The highest BCUT2D eigenvalue weighted by molar-refractivity contribution is 9.10. The van der Waals surface area contributed by atoms with E-state index in [-0.39, 0.29) is 5.60 Å². The van der Waals surface area contributed by atoms with Gasteiger partial charge in [0.25, 0.3) is 0 Å². The average Bonchev–Trinajstić information content (AvgIpc) is 2.30. The topological polar surface area (TPSA) is 44.5 Å². The second kappa shape index (κ2) is 6.38. The SMILES string of the molecule is COC(C)(C)CCOc1ccc(Br)cc1CN. The second-order valence-corrected chi connectivity index (χ2v) is 5.43. The van der Waals surface area contributed by atoms with Gasteiger partial charge in [-0.2, -0.15) is 0 Å². The molecule has 96 valence electrons. The molecule has 0 unspecified atom stereocenters. The Balaban J connectivity index is 2.57. The molecule has 0 radical (unpaired) electrons. The Morgan fingerprint density at radius 1 is 1.35 bits per heavy atom. The van der Waals surface area contributed by atoms with Crippen LogP contribution in [0, 0.1) is 0 Å². The Labute approximate surface area is 111 Å². The minimum Gasteiger partial charge on any atom is -0.493 e. The minimum absolute atomic E-state index is 0.155. The highest BCUT2D eigenvalue weighted by atomic mass is 79.9. The van der Waals surface area contributed by atoms with Crippen molar-refractivity contribution < 1.29 is 9.47 Å². The number of ether oxygens (including phenoxy) is 2. The highest BCUT2D eigenvalue weighted by Crippen LogP contribution is 2.23. The molecule has 17 heavy (non-hydrogen) atoms. The molecule has 0 aliphatic carbocycles. The second-order valence-electron chi connectivity index (χ2n) is 4.52. The molecular weight excluding hydrogens is 282 g/mol. The van der Waals surface area contributed by atoms with Gasteiger partial charge in [-0.05, 0) is 32.0 Å². The van der Waals surface area contributed by atoms with Crippen molar-refractivity contribution in [3.63, 3.8) is 0 Å². The van der Waals surface area contributed by atoms with Gasteiger partial charge in [0.15, 0.2) is 0 Å². The molecule has 0 heterocycles. The normalized spacial score (nSPS) is 11.6. The zero-order chi connectivity index (χ0) is 12.9. The zero-order valence-corrected chi connectivity index (χ0v) is 12.2. The molecule has 0 bridgehead atoms. The molecule has 0 saturated carbocycles.